The van der Waals surface area contributed by atoms with Crippen LogP contribution in [0.3, 0.4) is 0 Å². The summed E-state index contributed by atoms with van der Waals surface area (Å²) in [5, 5.41) is 0.654. The third kappa shape index (κ3) is 4.53. The first-order valence-corrected chi connectivity index (χ1v) is 9.96. The van der Waals surface area contributed by atoms with E-state index >= 15 is 0 Å². The molecule has 0 spiro atoms. The Kier molecular flexibility index (Phi) is 6.35. The second kappa shape index (κ2) is 8.74. The average molecular weight is 402 g/mol. The van der Waals surface area contributed by atoms with Crippen molar-refractivity contribution in [1.82, 2.24) is 14.5 Å². The number of amides is 1. The van der Waals surface area contributed by atoms with Crippen LogP contribution in [0.2, 0.25) is 5.02 Å². The molecule has 0 aliphatic heterocycles. The van der Waals surface area contributed by atoms with E-state index in [0.717, 1.165) is 29.8 Å². The fourth-order valence-electron chi connectivity index (χ4n) is 3.26. The topological polar surface area (TPSA) is 38.1 Å². The van der Waals surface area contributed by atoms with Crippen molar-refractivity contribution in [3.05, 3.63) is 64.7 Å². The van der Waals surface area contributed by atoms with E-state index in [1.807, 2.05) is 25.1 Å². The molecule has 0 saturated carbocycles. The lowest BCUT2D eigenvalue weighted by Gasteiger charge is -2.24. The van der Waals surface area contributed by atoms with Crippen LogP contribution in [-0.2, 0) is 13.1 Å². The van der Waals surface area contributed by atoms with Crippen LogP contribution in [0, 0.1) is 11.7 Å². The van der Waals surface area contributed by atoms with E-state index < -0.39 is 5.82 Å². The maximum Gasteiger partial charge on any atom is 0.254 e. The van der Waals surface area contributed by atoms with Crippen molar-refractivity contribution in [3.8, 4) is 0 Å². The second-order valence-electron chi connectivity index (χ2n) is 7.32. The number of hydrogen-bond acceptors (Lipinski definition) is 2. The molecule has 0 bridgehead atoms. The number of carbonyl (C=O) groups is 1. The standard InChI is InChI=1S/C22H25ClFN3O/c1-4-27-20-13-17(23)8-9-19(20)25-21(27)14-26(11-10-15(2)3)22(28)16-6-5-7-18(24)12-16/h5-9,12-13,15H,4,10-11,14H2,1-3H3. The average Bonchev–Trinajstić information content (AvgIpc) is 3.00. The number of rotatable bonds is 7. The summed E-state index contributed by atoms with van der Waals surface area (Å²) >= 11 is 6.15. The van der Waals surface area contributed by atoms with Crippen LogP contribution in [0.15, 0.2) is 42.5 Å². The van der Waals surface area contributed by atoms with Gasteiger partial charge in [-0.25, -0.2) is 9.37 Å². The minimum absolute atomic E-state index is 0.187. The Morgan fingerprint density at radius 1 is 1.25 bits per heavy atom. The Balaban J connectivity index is 1.95. The highest BCUT2D eigenvalue weighted by atomic mass is 35.5. The minimum atomic E-state index is -0.412. The van der Waals surface area contributed by atoms with Crippen molar-refractivity contribution in [3.63, 3.8) is 0 Å². The molecule has 0 atom stereocenters. The van der Waals surface area contributed by atoms with E-state index in [4.69, 9.17) is 16.6 Å². The Labute approximate surface area is 169 Å². The Morgan fingerprint density at radius 2 is 2.04 bits per heavy atom. The lowest BCUT2D eigenvalue weighted by Crippen LogP contribution is -2.33. The molecule has 1 heterocycles. The summed E-state index contributed by atoms with van der Waals surface area (Å²) in [5.74, 6) is 0.651. The lowest BCUT2D eigenvalue weighted by atomic mass is 10.1. The first-order valence-electron chi connectivity index (χ1n) is 9.58. The van der Waals surface area contributed by atoms with E-state index in [1.165, 1.54) is 12.1 Å². The van der Waals surface area contributed by atoms with Gasteiger partial charge in [0.05, 0.1) is 17.6 Å². The maximum absolute atomic E-state index is 13.6. The summed E-state index contributed by atoms with van der Waals surface area (Å²) in [5.41, 5.74) is 2.15. The molecule has 3 aromatic rings. The Hall–Kier alpha value is -2.40. The van der Waals surface area contributed by atoms with Crippen LogP contribution < -0.4 is 0 Å². The van der Waals surface area contributed by atoms with Gasteiger partial charge < -0.3 is 9.47 Å². The second-order valence-corrected chi connectivity index (χ2v) is 7.76. The zero-order valence-electron chi connectivity index (χ0n) is 16.5. The molecular formula is C22H25ClFN3O. The highest BCUT2D eigenvalue weighted by Gasteiger charge is 2.20. The number of carbonyl (C=O) groups excluding carboxylic acids is 1. The van der Waals surface area contributed by atoms with Crippen molar-refractivity contribution in [2.24, 2.45) is 5.92 Å². The minimum Gasteiger partial charge on any atom is -0.331 e. The number of imidazole rings is 1. The van der Waals surface area contributed by atoms with Crippen molar-refractivity contribution in [2.45, 2.75) is 40.3 Å². The van der Waals surface area contributed by atoms with Crippen LogP contribution >= 0.6 is 11.6 Å². The Bertz CT molecular complexity index is 983. The third-order valence-corrected chi connectivity index (χ3v) is 5.01. The molecule has 0 saturated heterocycles. The van der Waals surface area contributed by atoms with Gasteiger partial charge in [-0.2, -0.15) is 0 Å². The molecule has 0 fully saturated rings. The van der Waals surface area contributed by atoms with Crippen LogP contribution in [-0.4, -0.2) is 26.9 Å². The summed E-state index contributed by atoms with van der Waals surface area (Å²) in [6.07, 6.45) is 0.860. The molecule has 28 heavy (non-hydrogen) atoms. The third-order valence-electron chi connectivity index (χ3n) is 4.77. The summed E-state index contributed by atoms with van der Waals surface area (Å²) in [4.78, 5) is 19.6. The molecular weight excluding hydrogens is 377 g/mol. The van der Waals surface area contributed by atoms with Gasteiger partial charge in [0.25, 0.3) is 5.91 Å². The van der Waals surface area contributed by atoms with E-state index in [0.29, 0.717) is 29.6 Å². The number of halogens is 2. The van der Waals surface area contributed by atoms with Gasteiger partial charge >= 0.3 is 0 Å². The van der Waals surface area contributed by atoms with Gasteiger partial charge in [-0.05, 0) is 55.7 Å². The molecule has 6 heteroatoms. The van der Waals surface area contributed by atoms with Crippen molar-refractivity contribution < 1.29 is 9.18 Å². The Morgan fingerprint density at radius 3 is 2.71 bits per heavy atom. The lowest BCUT2D eigenvalue weighted by molar-refractivity contribution is 0.0729. The molecule has 0 radical (unpaired) electrons. The SMILES string of the molecule is CCn1c(CN(CCC(C)C)C(=O)c2cccc(F)c2)nc2ccc(Cl)cc21. The first kappa shape index (κ1) is 20.3. The van der Waals surface area contributed by atoms with Crippen LogP contribution in [0.5, 0.6) is 0 Å². The summed E-state index contributed by atoms with van der Waals surface area (Å²) in [6.45, 7) is 7.95. The molecule has 0 unspecified atom stereocenters. The van der Waals surface area contributed by atoms with Gasteiger partial charge in [-0.1, -0.05) is 31.5 Å². The van der Waals surface area contributed by atoms with Gasteiger partial charge in [0, 0.05) is 23.7 Å². The summed E-state index contributed by atoms with van der Waals surface area (Å²) in [7, 11) is 0. The van der Waals surface area contributed by atoms with Gasteiger partial charge in [0.2, 0.25) is 0 Å². The zero-order valence-corrected chi connectivity index (χ0v) is 17.2. The molecule has 2 aromatic carbocycles. The monoisotopic (exact) mass is 401 g/mol. The number of benzene rings is 2. The smallest absolute Gasteiger partial charge is 0.254 e. The van der Waals surface area contributed by atoms with Gasteiger partial charge in [-0.3, -0.25) is 4.79 Å². The van der Waals surface area contributed by atoms with E-state index in [-0.39, 0.29) is 5.91 Å². The van der Waals surface area contributed by atoms with E-state index in [1.54, 1.807) is 17.0 Å². The molecule has 1 amide bonds. The fraction of sp³-hybridized carbons (Fsp3) is 0.364. The fourth-order valence-corrected chi connectivity index (χ4v) is 3.43. The van der Waals surface area contributed by atoms with Crippen LogP contribution in [0.25, 0.3) is 11.0 Å². The van der Waals surface area contributed by atoms with Crippen molar-refractivity contribution in [1.29, 1.82) is 0 Å². The van der Waals surface area contributed by atoms with Crippen molar-refractivity contribution in [2.75, 3.05) is 6.54 Å². The number of fused-ring (bicyclic) bond motifs is 1. The first-order chi connectivity index (χ1) is 13.4. The molecule has 0 aliphatic rings. The van der Waals surface area contributed by atoms with Crippen LogP contribution in [0.4, 0.5) is 4.39 Å². The van der Waals surface area contributed by atoms with Gasteiger partial charge in [0.1, 0.15) is 11.6 Å². The molecule has 148 valence electrons. The predicted octanol–water partition coefficient (Wildman–Crippen LogP) is 5.54. The highest BCUT2D eigenvalue weighted by Crippen LogP contribution is 2.22. The van der Waals surface area contributed by atoms with Crippen molar-refractivity contribution >= 4 is 28.5 Å². The molecule has 1 aromatic heterocycles. The quantitative estimate of drug-likeness (QED) is 0.521. The number of hydrogen-bond donors (Lipinski definition) is 0. The van der Waals surface area contributed by atoms with E-state index in [9.17, 15) is 9.18 Å². The highest BCUT2D eigenvalue weighted by molar-refractivity contribution is 6.31. The molecule has 0 aliphatic carbocycles. The van der Waals surface area contributed by atoms with Gasteiger partial charge in [-0.15, -0.1) is 0 Å². The molecule has 3 rings (SSSR count). The van der Waals surface area contributed by atoms with E-state index in [2.05, 4.69) is 18.4 Å². The van der Waals surface area contributed by atoms with Gasteiger partial charge in [0.15, 0.2) is 0 Å². The number of aryl methyl sites for hydroxylation is 1. The summed E-state index contributed by atoms with van der Waals surface area (Å²) in [6, 6.07) is 11.4. The van der Waals surface area contributed by atoms with Crippen LogP contribution in [0.1, 0.15) is 43.4 Å². The molecule has 4 nitrogen and oxygen atoms in total. The predicted molar refractivity (Wildman–Crippen MR) is 111 cm³/mol. The number of nitrogens with zero attached hydrogens (tertiary/aromatic N) is 3. The zero-order chi connectivity index (χ0) is 20.3. The maximum atomic E-state index is 13.6. The molecule has 0 N–H and O–H groups in total. The largest absolute Gasteiger partial charge is 0.331 e. The number of aromatic nitrogens is 2. The summed E-state index contributed by atoms with van der Waals surface area (Å²) < 4.78 is 15.7. The normalized spacial score (nSPS) is 11.4.